The Kier molecular flexibility index (Phi) is 5.23. The third kappa shape index (κ3) is 3.97. The van der Waals surface area contributed by atoms with Gasteiger partial charge in [0.2, 0.25) is 5.91 Å². The van der Waals surface area contributed by atoms with Crippen LogP contribution in [0.1, 0.15) is 20.8 Å². The smallest absolute Gasteiger partial charge is 0.229 e. The highest BCUT2D eigenvalue weighted by molar-refractivity contribution is 7.13. The van der Waals surface area contributed by atoms with Gasteiger partial charge >= 0.3 is 0 Å². The maximum Gasteiger partial charge on any atom is 0.229 e. The topological polar surface area (TPSA) is 86.5 Å². The van der Waals surface area contributed by atoms with Crippen molar-refractivity contribution >= 4 is 44.7 Å². The fourth-order valence-corrected chi connectivity index (χ4v) is 5.08. The molecule has 0 saturated carbocycles. The van der Waals surface area contributed by atoms with Crippen LogP contribution in [0.15, 0.2) is 78.4 Å². The minimum Gasteiger partial charge on any atom is -0.353 e. The van der Waals surface area contributed by atoms with Gasteiger partial charge in [-0.1, -0.05) is 45.0 Å². The van der Waals surface area contributed by atoms with Gasteiger partial charge in [-0.05, 0) is 47.3 Å². The number of pyridine rings is 1. The van der Waals surface area contributed by atoms with Gasteiger partial charge in [0.1, 0.15) is 5.69 Å². The third-order valence-electron chi connectivity index (χ3n) is 6.28. The molecule has 6 rings (SSSR count). The zero-order valence-electron chi connectivity index (χ0n) is 20.2. The number of hydrogen-bond donors (Lipinski definition) is 3. The van der Waals surface area contributed by atoms with Crippen LogP contribution in [0, 0.1) is 5.41 Å². The van der Waals surface area contributed by atoms with E-state index in [4.69, 9.17) is 0 Å². The number of benzene rings is 2. The minimum absolute atomic E-state index is 0.0465. The van der Waals surface area contributed by atoms with Gasteiger partial charge in [-0.2, -0.15) is 5.10 Å². The fraction of sp³-hybridized carbons (Fsp3) is 0.138. The average Bonchev–Trinajstić information content (AvgIpc) is 3.62. The first-order valence-electron chi connectivity index (χ1n) is 11.8. The van der Waals surface area contributed by atoms with E-state index in [1.165, 1.54) is 15.8 Å². The summed E-state index contributed by atoms with van der Waals surface area (Å²) in [4.78, 5) is 21.6. The van der Waals surface area contributed by atoms with Gasteiger partial charge in [-0.15, -0.1) is 11.3 Å². The highest BCUT2D eigenvalue weighted by atomic mass is 32.1. The summed E-state index contributed by atoms with van der Waals surface area (Å²) in [5, 5.41) is 15.1. The standard InChI is InChI=1S/C29H25N5OS/c1-29(2,3)28(35)31-19-12-18(15-30-16-19)17-9-10-24-22(13-17)27(34-33-24)25-14-21-20(26-8-5-11-36-26)6-4-7-23(21)32-25/h4-16,32H,1-3H3,(H,31,35)(H,33,34). The molecule has 0 fully saturated rings. The van der Waals surface area contributed by atoms with Gasteiger partial charge in [0.25, 0.3) is 0 Å². The minimum atomic E-state index is -0.483. The van der Waals surface area contributed by atoms with E-state index < -0.39 is 5.41 Å². The Morgan fingerprint density at radius 2 is 1.81 bits per heavy atom. The number of thiophene rings is 1. The Labute approximate surface area is 212 Å². The second-order valence-corrected chi connectivity index (χ2v) is 10.9. The van der Waals surface area contributed by atoms with E-state index in [0.717, 1.165) is 38.9 Å². The number of anilines is 1. The van der Waals surface area contributed by atoms with E-state index >= 15 is 0 Å². The molecule has 1 amide bonds. The Balaban J connectivity index is 1.40. The van der Waals surface area contributed by atoms with Crippen molar-refractivity contribution in [2.24, 2.45) is 5.41 Å². The van der Waals surface area contributed by atoms with Crippen molar-refractivity contribution in [2.45, 2.75) is 20.8 Å². The second-order valence-electron chi connectivity index (χ2n) is 9.93. The van der Waals surface area contributed by atoms with E-state index in [9.17, 15) is 4.79 Å². The van der Waals surface area contributed by atoms with Crippen molar-refractivity contribution in [3.05, 3.63) is 78.4 Å². The number of aromatic nitrogens is 4. The van der Waals surface area contributed by atoms with Crippen LogP contribution in [0.2, 0.25) is 0 Å². The third-order valence-corrected chi connectivity index (χ3v) is 7.18. The normalized spacial score (nSPS) is 11.9. The summed E-state index contributed by atoms with van der Waals surface area (Å²) in [6.45, 7) is 5.67. The molecule has 0 atom stereocenters. The summed E-state index contributed by atoms with van der Waals surface area (Å²) < 4.78 is 0. The lowest BCUT2D eigenvalue weighted by atomic mass is 9.95. The Morgan fingerprint density at radius 1 is 0.917 bits per heavy atom. The number of nitrogens with one attached hydrogen (secondary N) is 3. The number of fused-ring (bicyclic) bond motifs is 2. The molecule has 6 nitrogen and oxygen atoms in total. The van der Waals surface area contributed by atoms with Crippen LogP contribution < -0.4 is 5.32 Å². The van der Waals surface area contributed by atoms with E-state index in [1.807, 2.05) is 45.2 Å². The van der Waals surface area contributed by atoms with Crippen LogP contribution in [0.25, 0.3) is 54.8 Å². The lowest BCUT2D eigenvalue weighted by Crippen LogP contribution is -2.27. The van der Waals surface area contributed by atoms with Crippen LogP contribution in [0.3, 0.4) is 0 Å². The van der Waals surface area contributed by atoms with E-state index in [-0.39, 0.29) is 5.91 Å². The lowest BCUT2D eigenvalue weighted by Gasteiger charge is -2.17. The summed E-state index contributed by atoms with van der Waals surface area (Å²) in [5.41, 5.74) is 7.19. The highest BCUT2D eigenvalue weighted by Crippen LogP contribution is 2.36. The van der Waals surface area contributed by atoms with Crippen LogP contribution in [0.5, 0.6) is 0 Å². The molecule has 4 aromatic heterocycles. The van der Waals surface area contributed by atoms with Crippen molar-refractivity contribution in [2.75, 3.05) is 5.32 Å². The molecule has 7 heteroatoms. The molecule has 2 aromatic carbocycles. The van der Waals surface area contributed by atoms with Crippen LogP contribution in [0.4, 0.5) is 5.69 Å². The van der Waals surface area contributed by atoms with E-state index in [1.54, 1.807) is 17.5 Å². The van der Waals surface area contributed by atoms with Gasteiger partial charge in [0.15, 0.2) is 0 Å². The molecule has 36 heavy (non-hydrogen) atoms. The first kappa shape index (κ1) is 22.2. The highest BCUT2D eigenvalue weighted by Gasteiger charge is 2.21. The fourth-order valence-electron chi connectivity index (χ4n) is 4.31. The van der Waals surface area contributed by atoms with Crippen molar-refractivity contribution < 1.29 is 4.79 Å². The monoisotopic (exact) mass is 491 g/mol. The molecule has 3 N–H and O–H groups in total. The maximum atomic E-state index is 12.4. The van der Waals surface area contributed by atoms with Gasteiger partial charge in [-0.3, -0.25) is 14.9 Å². The molecule has 0 unspecified atom stereocenters. The largest absolute Gasteiger partial charge is 0.353 e. The summed E-state index contributed by atoms with van der Waals surface area (Å²) in [6, 6.07) is 20.9. The number of hydrogen-bond acceptors (Lipinski definition) is 4. The van der Waals surface area contributed by atoms with Crippen molar-refractivity contribution in [1.82, 2.24) is 20.2 Å². The van der Waals surface area contributed by atoms with Gasteiger partial charge < -0.3 is 10.3 Å². The molecule has 0 aliphatic heterocycles. The zero-order chi connectivity index (χ0) is 24.9. The Hall–Kier alpha value is -4.23. The van der Waals surface area contributed by atoms with Gasteiger partial charge in [0.05, 0.1) is 23.1 Å². The van der Waals surface area contributed by atoms with Gasteiger partial charge in [0, 0.05) is 43.9 Å². The molecule has 0 spiro atoms. The molecule has 0 radical (unpaired) electrons. The predicted octanol–water partition coefficient (Wildman–Crippen LogP) is 7.49. The number of amides is 1. The molecule has 0 aliphatic carbocycles. The molecule has 6 aromatic rings. The quantitative estimate of drug-likeness (QED) is 0.239. The lowest BCUT2D eigenvalue weighted by molar-refractivity contribution is -0.123. The molecule has 0 aliphatic rings. The molecule has 0 saturated heterocycles. The Morgan fingerprint density at radius 3 is 2.61 bits per heavy atom. The molecular formula is C29H25N5OS. The Bertz CT molecular complexity index is 1720. The number of carbonyl (C=O) groups is 1. The number of nitrogens with zero attached hydrogens (tertiary/aromatic N) is 2. The van der Waals surface area contributed by atoms with E-state index in [0.29, 0.717) is 5.69 Å². The summed E-state index contributed by atoms with van der Waals surface area (Å²) >= 11 is 1.74. The van der Waals surface area contributed by atoms with Crippen molar-refractivity contribution in [3.63, 3.8) is 0 Å². The molecule has 178 valence electrons. The number of H-pyrrole nitrogens is 2. The first-order valence-corrected chi connectivity index (χ1v) is 12.7. The van der Waals surface area contributed by atoms with Crippen molar-refractivity contribution in [3.8, 4) is 33.0 Å². The van der Waals surface area contributed by atoms with Gasteiger partial charge in [-0.25, -0.2) is 0 Å². The molecule has 0 bridgehead atoms. The molecule has 4 heterocycles. The zero-order valence-corrected chi connectivity index (χ0v) is 21.0. The first-order chi connectivity index (χ1) is 17.4. The summed E-state index contributed by atoms with van der Waals surface area (Å²) in [5.74, 6) is -0.0465. The predicted molar refractivity (Wildman–Crippen MR) is 148 cm³/mol. The summed E-state index contributed by atoms with van der Waals surface area (Å²) in [7, 11) is 0. The van der Waals surface area contributed by atoms with Crippen LogP contribution >= 0.6 is 11.3 Å². The van der Waals surface area contributed by atoms with Crippen LogP contribution in [-0.4, -0.2) is 26.1 Å². The maximum absolute atomic E-state index is 12.4. The molecular weight excluding hydrogens is 466 g/mol. The average molecular weight is 492 g/mol. The summed E-state index contributed by atoms with van der Waals surface area (Å²) in [6.07, 6.45) is 3.48. The SMILES string of the molecule is CC(C)(C)C(=O)Nc1cncc(-c2ccc3[nH]nc(-c4cc5c(-c6cccs6)cccc5[nH]4)c3c2)c1. The van der Waals surface area contributed by atoms with Crippen LogP contribution in [-0.2, 0) is 4.79 Å². The van der Waals surface area contributed by atoms with Crippen molar-refractivity contribution in [1.29, 1.82) is 0 Å². The van der Waals surface area contributed by atoms with E-state index in [2.05, 4.69) is 73.3 Å². The number of aromatic amines is 2. The number of carbonyl (C=O) groups excluding carboxylic acids is 1. The second kappa shape index (κ2) is 8.46. The number of rotatable bonds is 4.